The van der Waals surface area contributed by atoms with E-state index < -0.39 is 0 Å². The Morgan fingerprint density at radius 3 is 1.98 bits per heavy atom. The zero-order chi connectivity index (χ0) is 35.9. The molecule has 0 saturated carbocycles. The standard InChI is InChI=1S/C48H37N4O.Pt/c1-48(2,3)38-23-24-49-47(30-38)52-45-20-11-10-19-43(45)44-22-21-42(32-46(44)52)53-41-18-12-17-39(31-41)50-25-26-51(33-50)40-28-36(34-13-6-4-7-14-34)27-37(29-40)35-15-8-5-9-16-35;/h4-30,33H,1-3H3;/q-3;. The molecular weight excluding hydrogens is 844 g/mol. The van der Waals surface area contributed by atoms with Crippen LogP contribution in [0.2, 0.25) is 0 Å². The van der Waals surface area contributed by atoms with Crippen molar-refractivity contribution in [2.24, 2.45) is 0 Å². The topological polar surface area (TPSA) is 33.5 Å². The second-order valence-corrected chi connectivity index (χ2v) is 14.3. The van der Waals surface area contributed by atoms with Crippen molar-refractivity contribution in [3.63, 3.8) is 0 Å². The zero-order valence-corrected chi connectivity index (χ0v) is 32.5. The molecule has 0 aliphatic carbocycles. The van der Waals surface area contributed by atoms with Crippen LogP contribution in [0.1, 0.15) is 26.3 Å². The molecule has 0 radical (unpaired) electrons. The fraction of sp³-hybridized carbons (Fsp3) is 0.0833. The van der Waals surface area contributed by atoms with Crippen LogP contribution in [0.5, 0.6) is 11.5 Å². The van der Waals surface area contributed by atoms with E-state index in [0.717, 1.165) is 50.1 Å². The summed E-state index contributed by atoms with van der Waals surface area (Å²) in [6.07, 6.45) is 6.01. The number of hydrogen-bond acceptors (Lipinski definition) is 4. The van der Waals surface area contributed by atoms with Crippen LogP contribution in [0.15, 0.2) is 164 Å². The molecule has 1 aliphatic heterocycles. The predicted octanol–water partition coefficient (Wildman–Crippen LogP) is 12.1. The largest absolute Gasteiger partial charge is 0.509 e. The second-order valence-electron chi connectivity index (χ2n) is 14.3. The van der Waals surface area contributed by atoms with Crippen LogP contribution in [0, 0.1) is 18.8 Å². The Morgan fingerprint density at radius 2 is 1.26 bits per heavy atom. The smallest absolute Gasteiger partial charge is 0.135 e. The first kappa shape index (κ1) is 35.1. The third-order valence-electron chi connectivity index (χ3n) is 9.72. The maximum absolute atomic E-state index is 6.47. The Hall–Kier alpha value is -5.90. The molecule has 2 aromatic heterocycles. The van der Waals surface area contributed by atoms with Gasteiger partial charge in [0.1, 0.15) is 5.82 Å². The van der Waals surface area contributed by atoms with Crippen molar-refractivity contribution in [1.82, 2.24) is 9.55 Å². The van der Waals surface area contributed by atoms with Gasteiger partial charge in [-0.05, 0) is 87.4 Å². The van der Waals surface area contributed by atoms with Gasteiger partial charge in [-0.3, -0.25) is 0 Å². The maximum atomic E-state index is 6.47. The normalized spacial score (nSPS) is 12.7. The molecule has 6 heteroatoms. The summed E-state index contributed by atoms with van der Waals surface area (Å²) in [6, 6.07) is 57.6. The van der Waals surface area contributed by atoms with Gasteiger partial charge in [0.05, 0.1) is 0 Å². The SMILES string of the molecule is CC(C)(C)c1ccnc(-n2c3[c-]c(Oc4[c-]c(N5C=CN(c6cc(-c7ccccc7)cc(-c7ccccc7)c6)[CH-]5)ccc4)ccc3c3ccccc32)c1.[Pt]. The van der Waals surface area contributed by atoms with E-state index in [1.54, 1.807) is 0 Å². The van der Waals surface area contributed by atoms with Gasteiger partial charge in [0.2, 0.25) is 0 Å². The molecule has 6 aromatic carbocycles. The molecule has 3 heterocycles. The number of fused-ring (bicyclic) bond motifs is 3. The van der Waals surface area contributed by atoms with Crippen LogP contribution >= 0.6 is 0 Å². The summed E-state index contributed by atoms with van der Waals surface area (Å²) in [5.74, 6) is 2.07. The number of para-hydroxylation sites is 1. The molecule has 0 saturated heterocycles. The summed E-state index contributed by atoms with van der Waals surface area (Å²) >= 11 is 0. The van der Waals surface area contributed by atoms with E-state index in [0.29, 0.717) is 11.5 Å². The van der Waals surface area contributed by atoms with E-state index in [2.05, 4.69) is 181 Å². The number of rotatable bonds is 7. The van der Waals surface area contributed by atoms with Crippen molar-refractivity contribution in [1.29, 1.82) is 0 Å². The number of benzene rings is 6. The van der Waals surface area contributed by atoms with E-state index in [-0.39, 0.29) is 26.5 Å². The van der Waals surface area contributed by atoms with Gasteiger partial charge < -0.3 is 19.1 Å². The van der Waals surface area contributed by atoms with Gasteiger partial charge in [-0.2, -0.15) is 12.1 Å². The fourth-order valence-corrected chi connectivity index (χ4v) is 6.95. The molecule has 268 valence electrons. The number of nitrogens with zero attached hydrogens (tertiary/aromatic N) is 4. The molecule has 54 heavy (non-hydrogen) atoms. The third kappa shape index (κ3) is 6.84. The Kier molecular flexibility index (Phi) is 9.43. The number of hydrogen-bond donors (Lipinski definition) is 0. The van der Waals surface area contributed by atoms with E-state index >= 15 is 0 Å². The van der Waals surface area contributed by atoms with Gasteiger partial charge in [0.25, 0.3) is 0 Å². The zero-order valence-electron chi connectivity index (χ0n) is 30.2. The first-order chi connectivity index (χ1) is 25.9. The van der Waals surface area contributed by atoms with Gasteiger partial charge in [0.15, 0.2) is 0 Å². The summed E-state index contributed by atoms with van der Waals surface area (Å²) in [5, 5.41) is 2.24. The van der Waals surface area contributed by atoms with Gasteiger partial charge >= 0.3 is 0 Å². The Morgan fingerprint density at radius 1 is 0.593 bits per heavy atom. The molecule has 0 spiro atoms. The van der Waals surface area contributed by atoms with Crippen molar-refractivity contribution in [3.05, 3.63) is 189 Å². The minimum Gasteiger partial charge on any atom is -0.509 e. The van der Waals surface area contributed by atoms with Crippen LogP contribution in [0.25, 0.3) is 49.9 Å². The quantitative estimate of drug-likeness (QED) is 0.149. The summed E-state index contributed by atoms with van der Waals surface area (Å²) in [4.78, 5) is 9.01. The van der Waals surface area contributed by atoms with Gasteiger partial charge in [-0.1, -0.05) is 105 Å². The van der Waals surface area contributed by atoms with Crippen LogP contribution < -0.4 is 14.5 Å². The van der Waals surface area contributed by atoms with Gasteiger partial charge in [-0.25, -0.2) is 4.98 Å². The molecule has 0 amide bonds. The summed E-state index contributed by atoms with van der Waals surface area (Å²) in [6.45, 7) is 8.74. The minimum absolute atomic E-state index is 0. The number of ether oxygens (including phenoxy) is 1. The first-order valence-electron chi connectivity index (χ1n) is 17.9. The van der Waals surface area contributed by atoms with Crippen molar-refractivity contribution in [3.8, 4) is 39.6 Å². The molecule has 0 N–H and O–H groups in total. The molecule has 5 nitrogen and oxygen atoms in total. The second kappa shape index (κ2) is 14.5. The molecule has 1 aliphatic rings. The van der Waals surface area contributed by atoms with Crippen molar-refractivity contribution < 1.29 is 25.8 Å². The van der Waals surface area contributed by atoms with Crippen LogP contribution in [0.4, 0.5) is 11.4 Å². The van der Waals surface area contributed by atoms with Crippen molar-refractivity contribution in [2.75, 3.05) is 9.80 Å². The maximum Gasteiger partial charge on any atom is 0.135 e. The first-order valence-corrected chi connectivity index (χ1v) is 17.9. The molecule has 0 bridgehead atoms. The molecule has 0 fully saturated rings. The van der Waals surface area contributed by atoms with E-state index in [1.165, 1.54) is 16.7 Å². The van der Waals surface area contributed by atoms with Gasteiger partial charge in [0, 0.05) is 50.0 Å². The predicted molar refractivity (Wildman–Crippen MR) is 217 cm³/mol. The molecular formula is C48H37N4OPt-3. The van der Waals surface area contributed by atoms with Crippen LogP contribution in [0.3, 0.4) is 0 Å². The van der Waals surface area contributed by atoms with Crippen molar-refractivity contribution in [2.45, 2.75) is 26.2 Å². The Bertz CT molecular complexity index is 2570. The van der Waals surface area contributed by atoms with Crippen LogP contribution in [-0.2, 0) is 26.5 Å². The molecule has 8 aromatic rings. The third-order valence-corrected chi connectivity index (χ3v) is 9.72. The minimum atomic E-state index is -0.00835. The van der Waals surface area contributed by atoms with Crippen molar-refractivity contribution >= 4 is 33.2 Å². The fourth-order valence-electron chi connectivity index (χ4n) is 6.95. The van der Waals surface area contributed by atoms with Gasteiger partial charge in [-0.15, -0.1) is 48.1 Å². The average molecular weight is 881 g/mol. The summed E-state index contributed by atoms with van der Waals surface area (Å²) < 4.78 is 8.65. The number of pyridine rings is 1. The van der Waals surface area contributed by atoms with E-state index in [4.69, 9.17) is 9.72 Å². The average Bonchev–Trinajstić information content (AvgIpc) is 3.82. The summed E-state index contributed by atoms with van der Waals surface area (Å²) in [7, 11) is 0. The summed E-state index contributed by atoms with van der Waals surface area (Å²) in [5.41, 5.74) is 9.81. The number of aromatic nitrogens is 2. The molecule has 0 unspecified atom stereocenters. The van der Waals surface area contributed by atoms with E-state index in [1.807, 2.05) is 36.7 Å². The monoisotopic (exact) mass is 880 g/mol. The Balaban J connectivity index is 0.00000413. The van der Waals surface area contributed by atoms with E-state index in [9.17, 15) is 0 Å². The number of anilines is 2. The molecule has 0 atom stereocenters. The molecule has 9 rings (SSSR count). The Labute approximate surface area is 331 Å². The van der Waals surface area contributed by atoms with Crippen LogP contribution in [-0.4, -0.2) is 9.55 Å².